The maximum absolute atomic E-state index is 10.6. The van der Waals surface area contributed by atoms with Crippen LogP contribution in [0.2, 0.25) is 0 Å². The zero-order valence-electron chi connectivity index (χ0n) is 10.9. The van der Waals surface area contributed by atoms with E-state index in [0.29, 0.717) is 11.9 Å². The minimum absolute atomic E-state index is 0.346. The first-order valence-corrected chi connectivity index (χ1v) is 6.69. The Morgan fingerprint density at radius 3 is 3.17 bits per heavy atom. The molecule has 4 nitrogen and oxygen atoms in total. The monoisotopic (exact) mass is 251 g/mol. The van der Waals surface area contributed by atoms with Gasteiger partial charge in [0.25, 0.3) is 0 Å². The fourth-order valence-electron chi connectivity index (χ4n) is 2.34. The van der Waals surface area contributed by atoms with Crippen molar-refractivity contribution in [2.75, 3.05) is 19.7 Å². The largest absolute Gasteiger partial charge is 0.457 e. The molecule has 0 saturated carbocycles. The maximum atomic E-state index is 10.6. The second-order valence-electron chi connectivity index (χ2n) is 4.79. The zero-order valence-corrected chi connectivity index (χ0v) is 10.9. The Labute approximate surface area is 108 Å². The van der Waals surface area contributed by atoms with E-state index >= 15 is 0 Å². The average Bonchev–Trinajstić information content (AvgIpc) is 2.84. The molecule has 1 atom stereocenters. The van der Waals surface area contributed by atoms with Crippen molar-refractivity contribution in [2.24, 2.45) is 0 Å². The van der Waals surface area contributed by atoms with E-state index in [4.69, 9.17) is 9.15 Å². The molecule has 0 spiro atoms. The van der Waals surface area contributed by atoms with Gasteiger partial charge in [-0.15, -0.1) is 0 Å². The third-order valence-corrected chi connectivity index (χ3v) is 3.20. The summed E-state index contributed by atoms with van der Waals surface area (Å²) in [5.41, 5.74) is 0. The Morgan fingerprint density at radius 2 is 2.44 bits per heavy atom. The first-order valence-electron chi connectivity index (χ1n) is 6.69. The Balaban J connectivity index is 1.83. The van der Waals surface area contributed by atoms with Gasteiger partial charge in [-0.3, -0.25) is 9.69 Å². The van der Waals surface area contributed by atoms with E-state index < -0.39 is 0 Å². The number of likely N-dealkylation sites (tertiary alicyclic amines) is 1. The standard InChI is InChI=1S/C14H21NO3/c1-2-8-17-12-4-3-7-15(9-12)10-13-5-6-14(11-16)18-13/h5-6,11-12H,2-4,7-10H2,1H3. The van der Waals surface area contributed by atoms with Crippen molar-refractivity contribution in [3.63, 3.8) is 0 Å². The molecule has 1 aromatic rings. The van der Waals surface area contributed by atoms with Crippen molar-refractivity contribution in [3.8, 4) is 0 Å². The lowest BCUT2D eigenvalue weighted by atomic mass is 10.1. The van der Waals surface area contributed by atoms with Crippen LogP contribution >= 0.6 is 0 Å². The molecule has 0 aliphatic carbocycles. The number of nitrogens with zero attached hydrogens (tertiary/aromatic N) is 1. The molecule has 0 amide bonds. The minimum atomic E-state index is 0.346. The van der Waals surface area contributed by atoms with E-state index in [1.807, 2.05) is 6.07 Å². The number of piperidine rings is 1. The molecule has 1 unspecified atom stereocenters. The molecular formula is C14H21NO3. The number of rotatable bonds is 6. The van der Waals surface area contributed by atoms with Crippen molar-refractivity contribution < 1.29 is 13.9 Å². The van der Waals surface area contributed by atoms with Crippen LogP contribution in [0.3, 0.4) is 0 Å². The van der Waals surface area contributed by atoms with Crippen LogP contribution in [0.1, 0.15) is 42.5 Å². The predicted molar refractivity (Wildman–Crippen MR) is 68.6 cm³/mol. The zero-order chi connectivity index (χ0) is 12.8. The number of furan rings is 1. The minimum Gasteiger partial charge on any atom is -0.457 e. The summed E-state index contributed by atoms with van der Waals surface area (Å²) in [4.78, 5) is 12.9. The number of carbonyl (C=O) groups is 1. The third kappa shape index (κ3) is 3.68. The average molecular weight is 251 g/mol. The normalized spacial score (nSPS) is 21.1. The lowest BCUT2D eigenvalue weighted by Crippen LogP contribution is -2.39. The van der Waals surface area contributed by atoms with Gasteiger partial charge in [-0.05, 0) is 37.9 Å². The van der Waals surface area contributed by atoms with Crippen LogP contribution < -0.4 is 0 Å². The van der Waals surface area contributed by atoms with E-state index in [2.05, 4.69) is 11.8 Å². The highest BCUT2D eigenvalue weighted by Gasteiger charge is 2.21. The summed E-state index contributed by atoms with van der Waals surface area (Å²) in [6.45, 7) is 5.76. The van der Waals surface area contributed by atoms with E-state index in [0.717, 1.165) is 57.6 Å². The second kappa shape index (κ2) is 6.71. The summed E-state index contributed by atoms with van der Waals surface area (Å²) in [5.74, 6) is 1.26. The van der Waals surface area contributed by atoms with Crippen LogP contribution in [0.25, 0.3) is 0 Å². The number of hydrogen-bond donors (Lipinski definition) is 0. The second-order valence-corrected chi connectivity index (χ2v) is 4.79. The summed E-state index contributed by atoms with van der Waals surface area (Å²) < 4.78 is 11.2. The van der Waals surface area contributed by atoms with Crippen molar-refractivity contribution in [1.29, 1.82) is 0 Å². The summed E-state index contributed by atoms with van der Waals surface area (Å²) in [7, 11) is 0. The topological polar surface area (TPSA) is 42.7 Å². The SMILES string of the molecule is CCCOC1CCCN(Cc2ccc(C=O)o2)C1. The molecule has 0 bridgehead atoms. The van der Waals surface area contributed by atoms with Crippen molar-refractivity contribution >= 4 is 6.29 Å². The number of carbonyl (C=O) groups excluding carboxylic acids is 1. The molecule has 2 rings (SSSR count). The first-order chi connectivity index (χ1) is 8.81. The van der Waals surface area contributed by atoms with Gasteiger partial charge in [-0.2, -0.15) is 0 Å². The van der Waals surface area contributed by atoms with Crippen molar-refractivity contribution in [1.82, 2.24) is 4.90 Å². The van der Waals surface area contributed by atoms with E-state index in [1.54, 1.807) is 6.07 Å². The van der Waals surface area contributed by atoms with Crippen LogP contribution in [-0.4, -0.2) is 37.0 Å². The van der Waals surface area contributed by atoms with Crippen molar-refractivity contribution in [2.45, 2.75) is 38.8 Å². The van der Waals surface area contributed by atoms with E-state index in [9.17, 15) is 4.79 Å². The van der Waals surface area contributed by atoms with Gasteiger partial charge in [-0.25, -0.2) is 0 Å². The maximum Gasteiger partial charge on any atom is 0.185 e. The summed E-state index contributed by atoms with van der Waals surface area (Å²) in [6.07, 6.45) is 4.47. The van der Waals surface area contributed by atoms with Gasteiger partial charge < -0.3 is 9.15 Å². The number of ether oxygens (including phenoxy) is 1. The first kappa shape index (κ1) is 13.3. The lowest BCUT2D eigenvalue weighted by molar-refractivity contribution is -0.00378. The molecule has 0 radical (unpaired) electrons. The molecular weight excluding hydrogens is 230 g/mol. The Morgan fingerprint density at radius 1 is 1.56 bits per heavy atom. The molecule has 1 aliphatic heterocycles. The van der Waals surface area contributed by atoms with Crippen LogP contribution in [0.15, 0.2) is 16.5 Å². The van der Waals surface area contributed by atoms with Crippen LogP contribution in [0, 0.1) is 0 Å². The Kier molecular flexibility index (Phi) is 4.96. The molecule has 4 heteroatoms. The van der Waals surface area contributed by atoms with Gasteiger partial charge >= 0.3 is 0 Å². The smallest absolute Gasteiger partial charge is 0.185 e. The van der Waals surface area contributed by atoms with Crippen molar-refractivity contribution in [3.05, 3.63) is 23.7 Å². The quantitative estimate of drug-likeness (QED) is 0.728. The molecule has 0 N–H and O–H groups in total. The molecule has 100 valence electrons. The number of aldehydes is 1. The molecule has 2 heterocycles. The van der Waals surface area contributed by atoms with Crippen LogP contribution in [-0.2, 0) is 11.3 Å². The fourth-order valence-corrected chi connectivity index (χ4v) is 2.34. The van der Waals surface area contributed by atoms with E-state index in [-0.39, 0.29) is 0 Å². The summed E-state index contributed by atoms with van der Waals surface area (Å²) in [5, 5.41) is 0. The van der Waals surface area contributed by atoms with E-state index in [1.165, 1.54) is 0 Å². The molecule has 0 aromatic carbocycles. The van der Waals surface area contributed by atoms with Gasteiger partial charge in [-0.1, -0.05) is 6.92 Å². The molecule has 18 heavy (non-hydrogen) atoms. The highest BCUT2D eigenvalue weighted by Crippen LogP contribution is 2.17. The molecule has 1 saturated heterocycles. The van der Waals surface area contributed by atoms with Gasteiger partial charge in [0.05, 0.1) is 12.6 Å². The Bertz CT molecular complexity index is 375. The van der Waals surface area contributed by atoms with Gasteiger partial charge in [0.15, 0.2) is 12.0 Å². The summed E-state index contributed by atoms with van der Waals surface area (Å²) >= 11 is 0. The highest BCUT2D eigenvalue weighted by atomic mass is 16.5. The molecule has 1 fully saturated rings. The highest BCUT2D eigenvalue weighted by molar-refractivity contribution is 5.70. The lowest BCUT2D eigenvalue weighted by Gasteiger charge is -2.31. The van der Waals surface area contributed by atoms with Crippen LogP contribution in [0.4, 0.5) is 0 Å². The predicted octanol–water partition coefficient (Wildman–Crippen LogP) is 2.48. The van der Waals surface area contributed by atoms with Gasteiger partial charge in [0.1, 0.15) is 5.76 Å². The Hall–Kier alpha value is -1.13. The number of hydrogen-bond acceptors (Lipinski definition) is 4. The van der Waals surface area contributed by atoms with Crippen LogP contribution in [0.5, 0.6) is 0 Å². The van der Waals surface area contributed by atoms with Gasteiger partial charge in [0.2, 0.25) is 0 Å². The third-order valence-electron chi connectivity index (χ3n) is 3.20. The molecule has 1 aliphatic rings. The summed E-state index contributed by atoms with van der Waals surface area (Å²) in [6, 6.07) is 3.59. The molecule has 1 aromatic heterocycles. The fraction of sp³-hybridized carbons (Fsp3) is 0.643. The van der Waals surface area contributed by atoms with Gasteiger partial charge in [0, 0.05) is 13.2 Å².